The lowest BCUT2D eigenvalue weighted by atomic mass is 10.2. The van der Waals surface area contributed by atoms with Crippen LogP contribution in [0.2, 0.25) is 0 Å². The fourth-order valence-electron chi connectivity index (χ4n) is 3.74. The standard InChI is InChI=1S/C19H24N4O4S2.BrH/c1-27-16-6-3-2-5-15(16)22-12-10-21(11-13-22)8-4-9-23-19(24)20-18-17(7-14-28-18)29(23,25)26;/h2-3,5-7,14H,4,8-13H2,1H3,(H,20,24);1H. The second-order valence-corrected chi connectivity index (χ2v) is 9.72. The molecule has 0 atom stereocenters. The van der Waals surface area contributed by atoms with E-state index in [4.69, 9.17) is 4.74 Å². The van der Waals surface area contributed by atoms with Crippen LogP contribution in [0.3, 0.4) is 0 Å². The molecule has 164 valence electrons. The van der Waals surface area contributed by atoms with Crippen molar-refractivity contribution >= 4 is 55.1 Å². The highest BCUT2D eigenvalue weighted by atomic mass is 79.9. The van der Waals surface area contributed by atoms with Crippen molar-refractivity contribution in [1.82, 2.24) is 9.21 Å². The minimum Gasteiger partial charge on any atom is -0.495 e. The number of sulfonamides is 1. The normalized spacial score (nSPS) is 18.4. The van der Waals surface area contributed by atoms with Crippen molar-refractivity contribution in [3.63, 3.8) is 0 Å². The Hall–Kier alpha value is -1.82. The molecule has 4 rings (SSSR count). The van der Waals surface area contributed by atoms with Gasteiger partial charge in [0.05, 0.1) is 12.8 Å². The van der Waals surface area contributed by atoms with Gasteiger partial charge >= 0.3 is 6.03 Å². The number of nitrogens with zero attached hydrogens (tertiary/aromatic N) is 3. The van der Waals surface area contributed by atoms with Gasteiger partial charge in [0, 0.05) is 39.3 Å². The summed E-state index contributed by atoms with van der Waals surface area (Å²) < 4.78 is 31.7. The van der Waals surface area contributed by atoms with E-state index in [9.17, 15) is 13.2 Å². The number of urea groups is 1. The monoisotopic (exact) mass is 516 g/mol. The summed E-state index contributed by atoms with van der Waals surface area (Å²) in [5.41, 5.74) is 1.09. The maximum atomic E-state index is 12.7. The highest BCUT2D eigenvalue weighted by Gasteiger charge is 2.37. The second kappa shape index (κ2) is 9.54. The van der Waals surface area contributed by atoms with Crippen LogP contribution < -0.4 is 15.0 Å². The molecule has 1 N–H and O–H groups in total. The fraction of sp³-hybridized carbons (Fsp3) is 0.421. The first-order valence-electron chi connectivity index (χ1n) is 9.52. The molecule has 0 bridgehead atoms. The molecular weight excluding hydrogens is 492 g/mol. The Kier molecular flexibility index (Phi) is 7.27. The Morgan fingerprint density at radius 2 is 1.83 bits per heavy atom. The van der Waals surface area contributed by atoms with Crippen molar-refractivity contribution in [1.29, 1.82) is 0 Å². The number of thiophene rings is 1. The predicted molar refractivity (Wildman–Crippen MR) is 124 cm³/mol. The number of nitrogens with one attached hydrogen (secondary N) is 1. The number of rotatable bonds is 6. The summed E-state index contributed by atoms with van der Waals surface area (Å²) in [6.07, 6.45) is 0.598. The summed E-state index contributed by atoms with van der Waals surface area (Å²) in [6, 6.07) is 8.97. The number of amides is 2. The van der Waals surface area contributed by atoms with E-state index in [0.717, 1.165) is 48.5 Å². The van der Waals surface area contributed by atoms with Crippen molar-refractivity contribution in [2.75, 3.05) is 56.6 Å². The van der Waals surface area contributed by atoms with E-state index in [2.05, 4.69) is 21.2 Å². The third-order valence-corrected chi connectivity index (χ3v) is 8.06. The first-order valence-corrected chi connectivity index (χ1v) is 11.8. The lowest BCUT2D eigenvalue weighted by molar-refractivity contribution is 0.225. The molecule has 1 aromatic heterocycles. The van der Waals surface area contributed by atoms with Gasteiger partial charge in [-0.05, 0) is 30.0 Å². The zero-order chi connectivity index (χ0) is 20.4. The minimum atomic E-state index is -3.75. The Bertz CT molecular complexity index is 990. The first-order chi connectivity index (χ1) is 14.0. The smallest absolute Gasteiger partial charge is 0.336 e. The second-order valence-electron chi connectivity index (χ2n) is 6.98. The maximum Gasteiger partial charge on any atom is 0.336 e. The number of para-hydroxylation sites is 2. The molecule has 0 unspecified atom stereocenters. The molecule has 2 aliphatic rings. The van der Waals surface area contributed by atoms with Gasteiger partial charge in [-0.15, -0.1) is 28.3 Å². The zero-order valence-electron chi connectivity index (χ0n) is 16.6. The number of anilines is 2. The number of carbonyl (C=O) groups is 1. The Morgan fingerprint density at radius 3 is 2.57 bits per heavy atom. The van der Waals surface area contributed by atoms with Gasteiger partial charge in [0.1, 0.15) is 15.6 Å². The molecular formula is C19H25BrN4O4S2. The van der Waals surface area contributed by atoms with Crippen LogP contribution in [0, 0.1) is 0 Å². The first kappa shape index (κ1) is 22.9. The number of hydrogen-bond acceptors (Lipinski definition) is 7. The molecule has 11 heteroatoms. The highest BCUT2D eigenvalue weighted by Crippen LogP contribution is 2.34. The van der Waals surface area contributed by atoms with Gasteiger partial charge in [0.15, 0.2) is 0 Å². The number of halogens is 1. The number of piperazine rings is 1. The van der Waals surface area contributed by atoms with Crippen molar-refractivity contribution < 1.29 is 17.9 Å². The third-order valence-electron chi connectivity index (χ3n) is 5.28. The van der Waals surface area contributed by atoms with E-state index >= 15 is 0 Å². The minimum absolute atomic E-state index is 0. The molecule has 1 fully saturated rings. The lowest BCUT2D eigenvalue weighted by Gasteiger charge is -2.37. The van der Waals surface area contributed by atoms with Crippen LogP contribution in [0.5, 0.6) is 5.75 Å². The quantitative estimate of drug-likeness (QED) is 0.635. The molecule has 1 aromatic carbocycles. The molecule has 8 nitrogen and oxygen atoms in total. The summed E-state index contributed by atoms with van der Waals surface area (Å²) in [5.74, 6) is 0.870. The third kappa shape index (κ3) is 4.43. The van der Waals surface area contributed by atoms with E-state index in [-0.39, 0.29) is 28.4 Å². The summed E-state index contributed by atoms with van der Waals surface area (Å²) in [6.45, 7) is 4.44. The molecule has 1 saturated heterocycles. The number of methoxy groups -OCH3 is 1. The average molecular weight is 517 g/mol. The largest absolute Gasteiger partial charge is 0.495 e. The van der Waals surface area contributed by atoms with Gasteiger partial charge < -0.3 is 9.64 Å². The Morgan fingerprint density at radius 1 is 1.10 bits per heavy atom. The number of fused-ring (bicyclic) bond motifs is 1. The van der Waals surface area contributed by atoms with E-state index < -0.39 is 16.1 Å². The van der Waals surface area contributed by atoms with Crippen molar-refractivity contribution in [2.24, 2.45) is 0 Å². The van der Waals surface area contributed by atoms with Crippen LogP contribution in [0.15, 0.2) is 40.6 Å². The lowest BCUT2D eigenvalue weighted by Crippen LogP contribution is -2.48. The number of carbonyl (C=O) groups excluding carboxylic acids is 1. The van der Waals surface area contributed by atoms with Gasteiger partial charge in [-0.1, -0.05) is 12.1 Å². The predicted octanol–water partition coefficient (Wildman–Crippen LogP) is 3.08. The summed E-state index contributed by atoms with van der Waals surface area (Å²) >= 11 is 1.22. The molecule has 0 spiro atoms. The molecule has 0 radical (unpaired) electrons. The molecule has 0 aliphatic carbocycles. The topological polar surface area (TPSA) is 82.2 Å². The molecule has 3 heterocycles. The van der Waals surface area contributed by atoms with Crippen LogP contribution >= 0.6 is 28.3 Å². The van der Waals surface area contributed by atoms with E-state index in [1.807, 2.05) is 18.2 Å². The number of ether oxygens (including phenoxy) is 1. The molecule has 2 aliphatic heterocycles. The van der Waals surface area contributed by atoms with Gasteiger partial charge in [-0.2, -0.15) is 0 Å². The van der Waals surface area contributed by atoms with Crippen LogP contribution in [-0.4, -0.2) is 70.0 Å². The summed E-state index contributed by atoms with van der Waals surface area (Å²) in [7, 11) is -2.07. The average Bonchev–Trinajstić information content (AvgIpc) is 3.20. The van der Waals surface area contributed by atoms with Gasteiger partial charge in [0.25, 0.3) is 10.0 Å². The van der Waals surface area contributed by atoms with Gasteiger partial charge in [-0.3, -0.25) is 10.2 Å². The Labute approximate surface area is 191 Å². The van der Waals surface area contributed by atoms with E-state index in [0.29, 0.717) is 11.4 Å². The number of hydrogen-bond donors (Lipinski definition) is 1. The summed E-state index contributed by atoms with van der Waals surface area (Å²) in [4.78, 5) is 17.0. The van der Waals surface area contributed by atoms with E-state index in [1.165, 1.54) is 11.3 Å². The van der Waals surface area contributed by atoms with E-state index in [1.54, 1.807) is 18.6 Å². The fourth-order valence-corrected chi connectivity index (χ4v) is 6.36. The van der Waals surface area contributed by atoms with Gasteiger partial charge in [0.2, 0.25) is 0 Å². The van der Waals surface area contributed by atoms with Crippen LogP contribution in [0.25, 0.3) is 0 Å². The van der Waals surface area contributed by atoms with Crippen molar-refractivity contribution in [2.45, 2.75) is 11.3 Å². The molecule has 2 aromatic rings. The van der Waals surface area contributed by atoms with Crippen LogP contribution in [0.4, 0.5) is 15.5 Å². The highest BCUT2D eigenvalue weighted by molar-refractivity contribution is 8.93. The van der Waals surface area contributed by atoms with Crippen molar-refractivity contribution in [3.05, 3.63) is 35.7 Å². The molecule has 0 saturated carbocycles. The SMILES string of the molecule is Br.COc1ccccc1N1CCN(CCCN2C(=O)Nc3sccc3S2(=O)=O)CC1. The molecule has 2 amide bonds. The Balaban J connectivity index is 0.00000256. The maximum absolute atomic E-state index is 12.7. The van der Waals surface area contributed by atoms with Crippen LogP contribution in [0.1, 0.15) is 6.42 Å². The van der Waals surface area contributed by atoms with Crippen LogP contribution in [-0.2, 0) is 10.0 Å². The zero-order valence-corrected chi connectivity index (χ0v) is 20.0. The molecule has 30 heavy (non-hydrogen) atoms. The number of benzene rings is 1. The van der Waals surface area contributed by atoms with Gasteiger partial charge in [-0.25, -0.2) is 17.5 Å². The van der Waals surface area contributed by atoms with Crippen molar-refractivity contribution in [3.8, 4) is 5.75 Å². The summed E-state index contributed by atoms with van der Waals surface area (Å²) in [5, 5.41) is 4.74.